The van der Waals surface area contributed by atoms with Crippen LogP contribution in [0, 0.1) is 11.8 Å². The van der Waals surface area contributed by atoms with Gasteiger partial charge in [-0.15, -0.1) is 5.10 Å². The average molecular weight is 414 g/mol. The summed E-state index contributed by atoms with van der Waals surface area (Å²) < 4.78 is 5.83. The molecule has 2 aromatic heterocycles. The molecule has 2 amide bonds. The van der Waals surface area contributed by atoms with Crippen LogP contribution >= 0.6 is 0 Å². The third-order valence-corrected chi connectivity index (χ3v) is 4.33. The molecule has 2 aromatic rings. The Hall–Kier alpha value is -3.03. The Morgan fingerprint density at radius 3 is 2.33 bits per heavy atom. The highest BCUT2D eigenvalue weighted by Gasteiger charge is 2.10. The van der Waals surface area contributed by atoms with Gasteiger partial charge in [0.25, 0.3) is 0 Å². The van der Waals surface area contributed by atoms with Crippen molar-refractivity contribution < 1.29 is 14.3 Å². The number of carbonyl (C=O) groups excluding carboxylic acids is 2. The van der Waals surface area contributed by atoms with Gasteiger partial charge in [-0.3, -0.25) is 14.6 Å². The van der Waals surface area contributed by atoms with Gasteiger partial charge in [-0.05, 0) is 36.8 Å². The number of anilines is 2. The summed E-state index contributed by atoms with van der Waals surface area (Å²) in [5, 5.41) is 13.5. The molecule has 0 atom stereocenters. The molecule has 0 radical (unpaired) electrons. The van der Waals surface area contributed by atoms with Gasteiger partial charge in [-0.1, -0.05) is 27.7 Å². The minimum atomic E-state index is -0.0882. The van der Waals surface area contributed by atoms with Gasteiger partial charge < -0.3 is 15.4 Å². The number of carbonyl (C=O) groups is 2. The standard InChI is InChI=1S/C22H31N5O3/c1-15(2)5-7-21(28)25-18-9-10-23-13-19(18)30-14-17-11-20(27-24-12-17)26-22(29)8-6-16(3)4/h9-13,15-16H,5-8,14H2,1-4H3,(H,23,25,28)(H,26,27,29). The van der Waals surface area contributed by atoms with Gasteiger partial charge in [-0.2, -0.15) is 5.10 Å². The quantitative estimate of drug-likeness (QED) is 0.572. The second kappa shape index (κ2) is 11.8. The molecular weight excluding hydrogens is 382 g/mol. The number of nitrogens with zero attached hydrogens (tertiary/aromatic N) is 3. The van der Waals surface area contributed by atoms with E-state index in [2.05, 4.69) is 53.5 Å². The van der Waals surface area contributed by atoms with Gasteiger partial charge in [0.2, 0.25) is 11.8 Å². The Labute approximate surface area is 177 Å². The van der Waals surface area contributed by atoms with E-state index in [1.54, 1.807) is 30.7 Å². The summed E-state index contributed by atoms with van der Waals surface area (Å²) >= 11 is 0. The molecule has 0 bridgehead atoms. The first kappa shape index (κ1) is 23.3. The lowest BCUT2D eigenvalue weighted by molar-refractivity contribution is -0.117. The van der Waals surface area contributed by atoms with Crippen molar-refractivity contribution in [3.05, 3.63) is 36.3 Å². The first-order chi connectivity index (χ1) is 14.3. The zero-order valence-corrected chi connectivity index (χ0v) is 18.1. The van der Waals surface area contributed by atoms with Crippen molar-refractivity contribution in [3.8, 4) is 5.75 Å². The van der Waals surface area contributed by atoms with Crippen molar-refractivity contribution in [1.29, 1.82) is 0 Å². The number of rotatable bonds is 11. The summed E-state index contributed by atoms with van der Waals surface area (Å²) in [6.45, 7) is 8.51. The van der Waals surface area contributed by atoms with E-state index in [0.29, 0.717) is 41.9 Å². The van der Waals surface area contributed by atoms with Crippen LogP contribution in [0.5, 0.6) is 5.75 Å². The largest absolute Gasteiger partial charge is 0.485 e. The normalized spacial score (nSPS) is 10.9. The van der Waals surface area contributed by atoms with Crippen LogP contribution in [0.25, 0.3) is 0 Å². The average Bonchev–Trinajstić information content (AvgIpc) is 2.70. The molecular formula is C22H31N5O3. The smallest absolute Gasteiger partial charge is 0.225 e. The summed E-state index contributed by atoms with van der Waals surface area (Å²) in [5.41, 5.74) is 1.31. The van der Waals surface area contributed by atoms with Gasteiger partial charge in [0.15, 0.2) is 11.6 Å². The van der Waals surface area contributed by atoms with Crippen molar-refractivity contribution in [3.63, 3.8) is 0 Å². The van der Waals surface area contributed by atoms with Crippen LogP contribution in [0.15, 0.2) is 30.7 Å². The molecule has 0 unspecified atom stereocenters. The van der Waals surface area contributed by atoms with Gasteiger partial charge in [0.05, 0.1) is 18.1 Å². The lowest BCUT2D eigenvalue weighted by atomic mass is 10.1. The van der Waals surface area contributed by atoms with E-state index in [1.807, 2.05) is 0 Å². The number of nitrogens with one attached hydrogen (secondary N) is 2. The number of amides is 2. The van der Waals surface area contributed by atoms with Gasteiger partial charge in [0, 0.05) is 24.6 Å². The third-order valence-electron chi connectivity index (χ3n) is 4.33. The maximum Gasteiger partial charge on any atom is 0.225 e. The lowest BCUT2D eigenvalue weighted by Crippen LogP contribution is -2.14. The summed E-state index contributed by atoms with van der Waals surface area (Å²) in [6.07, 6.45) is 7.26. The Kier molecular flexibility index (Phi) is 9.18. The van der Waals surface area contributed by atoms with E-state index in [-0.39, 0.29) is 18.4 Å². The van der Waals surface area contributed by atoms with Crippen LogP contribution < -0.4 is 15.4 Å². The molecule has 8 nitrogen and oxygen atoms in total. The van der Waals surface area contributed by atoms with E-state index < -0.39 is 0 Å². The monoisotopic (exact) mass is 413 g/mol. The molecule has 2 rings (SSSR count). The van der Waals surface area contributed by atoms with Crippen LogP contribution in [0.4, 0.5) is 11.5 Å². The maximum atomic E-state index is 12.1. The summed E-state index contributed by atoms with van der Waals surface area (Å²) in [4.78, 5) is 28.2. The molecule has 2 heterocycles. The molecule has 0 aromatic carbocycles. The molecule has 8 heteroatoms. The molecule has 0 saturated heterocycles. The predicted octanol–water partition coefficient (Wildman–Crippen LogP) is 4.20. The predicted molar refractivity (Wildman–Crippen MR) is 116 cm³/mol. The van der Waals surface area contributed by atoms with E-state index in [0.717, 1.165) is 18.4 Å². The number of ether oxygens (including phenoxy) is 1. The Balaban J connectivity index is 1.94. The van der Waals surface area contributed by atoms with Crippen molar-refractivity contribution in [2.24, 2.45) is 11.8 Å². The van der Waals surface area contributed by atoms with Crippen LogP contribution in [0.3, 0.4) is 0 Å². The Bertz CT molecular complexity index is 839. The number of hydrogen-bond acceptors (Lipinski definition) is 6. The highest BCUT2D eigenvalue weighted by Crippen LogP contribution is 2.24. The molecule has 162 valence electrons. The fraction of sp³-hybridized carbons (Fsp3) is 0.500. The number of hydrogen-bond donors (Lipinski definition) is 2. The minimum Gasteiger partial charge on any atom is -0.485 e. The van der Waals surface area contributed by atoms with Crippen LogP contribution in [-0.2, 0) is 16.2 Å². The molecule has 0 aliphatic heterocycles. The Morgan fingerprint density at radius 1 is 1.00 bits per heavy atom. The topological polar surface area (TPSA) is 106 Å². The first-order valence-electron chi connectivity index (χ1n) is 10.3. The fourth-order valence-electron chi connectivity index (χ4n) is 2.56. The van der Waals surface area contributed by atoms with Crippen molar-refractivity contribution in [1.82, 2.24) is 15.2 Å². The zero-order valence-electron chi connectivity index (χ0n) is 18.1. The van der Waals surface area contributed by atoms with E-state index in [9.17, 15) is 9.59 Å². The molecule has 0 saturated carbocycles. The highest BCUT2D eigenvalue weighted by atomic mass is 16.5. The zero-order chi connectivity index (χ0) is 21.9. The molecule has 0 fully saturated rings. The number of pyridine rings is 1. The molecule has 0 aliphatic carbocycles. The second-order valence-electron chi connectivity index (χ2n) is 8.07. The molecule has 2 N–H and O–H groups in total. The SMILES string of the molecule is CC(C)CCC(=O)Nc1cc(COc2cnccc2NC(=O)CCC(C)C)cnn1. The summed E-state index contributed by atoms with van der Waals surface area (Å²) in [6, 6.07) is 3.42. The molecule has 0 aliphatic rings. The first-order valence-corrected chi connectivity index (χ1v) is 10.3. The van der Waals surface area contributed by atoms with E-state index >= 15 is 0 Å². The van der Waals surface area contributed by atoms with Crippen molar-refractivity contribution >= 4 is 23.3 Å². The van der Waals surface area contributed by atoms with Gasteiger partial charge >= 0.3 is 0 Å². The van der Waals surface area contributed by atoms with Gasteiger partial charge in [0.1, 0.15) is 6.61 Å². The Morgan fingerprint density at radius 2 is 1.67 bits per heavy atom. The lowest BCUT2D eigenvalue weighted by Gasteiger charge is -2.13. The van der Waals surface area contributed by atoms with Crippen molar-refractivity contribution in [2.45, 2.75) is 60.0 Å². The van der Waals surface area contributed by atoms with Crippen LogP contribution in [-0.4, -0.2) is 27.0 Å². The summed E-state index contributed by atoms with van der Waals surface area (Å²) in [7, 11) is 0. The van der Waals surface area contributed by atoms with E-state index in [4.69, 9.17) is 4.74 Å². The maximum absolute atomic E-state index is 12.1. The fourth-order valence-corrected chi connectivity index (χ4v) is 2.56. The third kappa shape index (κ3) is 8.55. The van der Waals surface area contributed by atoms with Crippen LogP contribution in [0.1, 0.15) is 58.9 Å². The highest BCUT2D eigenvalue weighted by molar-refractivity contribution is 5.92. The molecule has 0 spiro atoms. The van der Waals surface area contributed by atoms with Crippen molar-refractivity contribution in [2.75, 3.05) is 10.6 Å². The summed E-state index contributed by atoms with van der Waals surface area (Å²) in [5.74, 6) is 1.63. The number of aromatic nitrogens is 3. The van der Waals surface area contributed by atoms with E-state index in [1.165, 1.54) is 0 Å². The van der Waals surface area contributed by atoms with Gasteiger partial charge in [-0.25, -0.2) is 0 Å². The van der Waals surface area contributed by atoms with Crippen LogP contribution in [0.2, 0.25) is 0 Å². The molecule has 30 heavy (non-hydrogen) atoms. The minimum absolute atomic E-state index is 0.0586. The second-order valence-corrected chi connectivity index (χ2v) is 8.07.